The van der Waals surface area contributed by atoms with E-state index in [1.807, 2.05) is 6.07 Å². The number of nitrogens with zero attached hydrogens (tertiary/aromatic N) is 1. The van der Waals surface area contributed by atoms with Crippen molar-refractivity contribution in [3.8, 4) is 0 Å². The van der Waals surface area contributed by atoms with E-state index in [1.165, 1.54) is 18.9 Å². The van der Waals surface area contributed by atoms with Gasteiger partial charge in [0.25, 0.3) is 6.43 Å². The van der Waals surface area contributed by atoms with Crippen molar-refractivity contribution in [3.63, 3.8) is 0 Å². The van der Waals surface area contributed by atoms with Gasteiger partial charge in [0.05, 0.1) is 0 Å². The van der Waals surface area contributed by atoms with Crippen LogP contribution in [0, 0.1) is 5.92 Å². The molecule has 0 spiro atoms. The predicted octanol–water partition coefficient (Wildman–Crippen LogP) is 3.19. The van der Waals surface area contributed by atoms with Gasteiger partial charge in [0.1, 0.15) is 0 Å². The summed E-state index contributed by atoms with van der Waals surface area (Å²) in [5, 5.41) is 0. The zero-order chi connectivity index (χ0) is 13.7. The van der Waals surface area contributed by atoms with E-state index < -0.39 is 6.43 Å². The molecule has 2 rings (SSSR count). The van der Waals surface area contributed by atoms with Crippen molar-refractivity contribution in [3.05, 3.63) is 35.4 Å². The summed E-state index contributed by atoms with van der Waals surface area (Å²) in [6, 6.07) is 6.76. The third kappa shape index (κ3) is 4.25. The molecule has 0 saturated carbocycles. The summed E-state index contributed by atoms with van der Waals surface area (Å²) >= 11 is 0. The van der Waals surface area contributed by atoms with E-state index in [-0.39, 0.29) is 5.56 Å². The van der Waals surface area contributed by atoms with Crippen LogP contribution in [0.3, 0.4) is 0 Å². The Labute approximate surface area is 113 Å². The molecule has 1 saturated heterocycles. The highest BCUT2D eigenvalue weighted by Gasteiger charge is 2.19. The average Bonchev–Trinajstić information content (AvgIpc) is 2.40. The highest BCUT2D eigenvalue weighted by molar-refractivity contribution is 5.24. The lowest BCUT2D eigenvalue weighted by Crippen LogP contribution is -2.35. The molecular weight excluding hydrogens is 246 g/mol. The summed E-state index contributed by atoms with van der Waals surface area (Å²) < 4.78 is 25.3. The van der Waals surface area contributed by atoms with Gasteiger partial charge in [0.15, 0.2) is 0 Å². The fourth-order valence-electron chi connectivity index (χ4n) is 2.85. The monoisotopic (exact) mass is 268 g/mol. The summed E-state index contributed by atoms with van der Waals surface area (Å²) in [4.78, 5) is 2.36. The second-order valence-corrected chi connectivity index (χ2v) is 5.37. The first-order valence-electron chi connectivity index (χ1n) is 6.98. The average molecular weight is 268 g/mol. The summed E-state index contributed by atoms with van der Waals surface area (Å²) in [7, 11) is 0. The Morgan fingerprint density at radius 1 is 1.37 bits per heavy atom. The maximum absolute atomic E-state index is 12.7. The number of benzene rings is 1. The van der Waals surface area contributed by atoms with Gasteiger partial charge < -0.3 is 5.73 Å². The van der Waals surface area contributed by atoms with Crippen LogP contribution in [-0.4, -0.2) is 24.5 Å². The molecule has 19 heavy (non-hydrogen) atoms. The SMILES string of the molecule is NCCC1CCCN(Cc2cccc(C(F)F)c2)C1. The first-order valence-corrected chi connectivity index (χ1v) is 6.98. The second-order valence-electron chi connectivity index (χ2n) is 5.37. The van der Waals surface area contributed by atoms with Crippen LogP contribution in [0.15, 0.2) is 24.3 Å². The minimum Gasteiger partial charge on any atom is -0.330 e. The molecule has 1 atom stereocenters. The van der Waals surface area contributed by atoms with Crippen molar-refractivity contribution in [2.45, 2.75) is 32.2 Å². The first-order chi connectivity index (χ1) is 9.19. The molecule has 1 aromatic carbocycles. The van der Waals surface area contributed by atoms with Crippen LogP contribution in [-0.2, 0) is 6.54 Å². The lowest BCUT2D eigenvalue weighted by Gasteiger charge is -2.32. The molecule has 0 aliphatic carbocycles. The number of hydrogen-bond acceptors (Lipinski definition) is 2. The maximum atomic E-state index is 12.7. The highest BCUT2D eigenvalue weighted by Crippen LogP contribution is 2.23. The van der Waals surface area contributed by atoms with Crippen LogP contribution in [0.2, 0.25) is 0 Å². The van der Waals surface area contributed by atoms with Crippen LogP contribution in [0.5, 0.6) is 0 Å². The number of alkyl halides is 2. The van der Waals surface area contributed by atoms with Gasteiger partial charge in [-0.1, -0.05) is 18.2 Å². The smallest absolute Gasteiger partial charge is 0.263 e. The minimum absolute atomic E-state index is 0.119. The van der Waals surface area contributed by atoms with Gasteiger partial charge in [-0.25, -0.2) is 8.78 Å². The number of rotatable bonds is 5. The molecular formula is C15H22F2N2. The Kier molecular flexibility index (Phi) is 5.28. The first kappa shape index (κ1) is 14.4. The Morgan fingerprint density at radius 2 is 2.21 bits per heavy atom. The zero-order valence-corrected chi connectivity index (χ0v) is 11.2. The standard InChI is InChI=1S/C15H22F2N2/c16-15(17)14-5-1-3-13(9-14)11-19-8-2-4-12(10-19)6-7-18/h1,3,5,9,12,15H,2,4,6-8,10-11,18H2. The van der Waals surface area contributed by atoms with E-state index in [1.54, 1.807) is 12.1 Å². The molecule has 1 unspecified atom stereocenters. The predicted molar refractivity (Wildman–Crippen MR) is 73.1 cm³/mol. The third-order valence-electron chi connectivity index (χ3n) is 3.79. The minimum atomic E-state index is -2.38. The van der Waals surface area contributed by atoms with E-state index >= 15 is 0 Å². The fraction of sp³-hybridized carbons (Fsp3) is 0.600. The molecule has 1 aliphatic heterocycles. The number of hydrogen-bond donors (Lipinski definition) is 1. The Bertz CT molecular complexity index is 393. The van der Waals surface area contributed by atoms with Gasteiger partial charge in [0.2, 0.25) is 0 Å². The van der Waals surface area contributed by atoms with E-state index in [2.05, 4.69) is 4.90 Å². The summed E-state index contributed by atoms with van der Waals surface area (Å²) in [5.41, 5.74) is 6.71. The van der Waals surface area contributed by atoms with Crippen molar-refractivity contribution < 1.29 is 8.78 Å². The molecule has 1 aliphatic rings. The normalized spacial score (nSPS) is 20.9. The molecule has 1 fully saturated rings. The molecule has 2 nitrogen and oxygen atoms in total. The van der Waals surface area contributed by atoms with Crippen LogP contribution in [0.4, 0.5) is 8.78 Å². The molecule has 0 bridgehead atoms. The summed E-state index contributed by atoms with van der Waals surface area (Å²) in [6.45, 7) is 3.59. The summed E-state index contributed by atoms with van der Waals surface area (Å²) in [6.07, 6.45) is 1.10. The molecule has 106 valence electrons. The van der Waals surface area contributed by atoms with Gasteiger partial charge in [-0.05, 0) is 49.9 Å². The topological polar surface area (TPSA) is 29.3 Å². The second kappa shape index (κ2) is 6.96. The lowest BCUT2D eigenvalue weighted by molar-refractivity contribution is 0.150. The third-order valence-corrected chi connectivity index (χ3v) is 3.79. The lowest BCUT2D eigenvalue weighted by atomic mass is 9.94. The molecule has 2 N–H and O–H groups in total. The van der Waals surface area contributed by atoms with Gasteiger partial charge in [-0.2, -0.15) is 0 Å². The molecule has 1 aromatic rings. The van der Waals surface area contributed by atoms with Crippen LogP contribution in [0.1, 0.15) is 36.8 Å². The molecule has 4 heteroatoms. The van der Waals surface area contributed by atoms with Crippen molar-refractivity contribution >= 4 is 0 Å². The number of nitrogens with two attached hydrogens (primary N) is 1. The van der Waals surface area contributed by atoms with E-state index in [4.69, 9.17) is 5.73 Å². The number of likely N-dealkylation sites (tertiary alicyclic amines) is 1. The van der Waals surface area contributed by atoms with Gasteiger partial charge in [-0.15, -0.1) is 0 Å². The van der Waals surface area contributed by atoms with E-state index in [9.17, 15) is 8.78 Å². The number of halogens is 2. The largest absolute Gasteiger partial charge is 0.330 e. The van der Waals surface area contributed by atoms with Crippen LogP contribution >= 0.6 is 0 Å². The van der Waals surface area contributed by atoms with Gasteiger partial charge >= 0.3 is 0 Å². The fourth-order valence-corrected chi connectivity index (χ4v) is 2.85. The van der Waals surface area contributed by atoms with Crippen molar-refractivity contribution in [2.24, 2.45) is 11.7 Å². The molecule has 1 heterocycles. The number of piperidine rings is 1. The summed E-state index contributed by atoms with van der Waals surface area (Å²) in [5.74, 6) is 0.664. The Morgan fingerprint density at radius 3 is 2.95 bits per heavy atom. The van der Waals surface area contributed by atoms with E-state index in [0.29, 0.717) is 5.92 Å². The van der Waals surface area contributed by atoms with Crippen molar-refractivity contribution in [2.75, 3.05) is 19.6 Å². The zero-order valence-electron chi connectivity index (χ0n) is 11.2. The van der Waals surface area contributed by atoms with Gasteiger partial charge in [0, 0.05) is 18.7 Å². The maximum Gasteiger partial charge on any atom is 0.263 e. The van der Waals surface area contributed by atoms with Gasteiger partial charge in [-0.3, -0.25) is 4.90 Å². The Hall–Kier alpha value is -1.00. The van der Waals surface area contributed by atoms with Crippen molar-refractivity contribution in [1.29, 1.82) is 0 Å². The van der Waals surface area contributed by atoms with Crippen LogP contribution in [0.25, 0.3) is 0 Å². The molecule has 0 radical (unpaired) electrons. The highest BCUT2D eigenvalue weighted by atomic mass is 19.3. The molecule has 0 amide bonds. The Balaban J connectivity index is 1.94. The van der Waals surface area contributed by atoms with Crippen molar-refractivity contribution in [1.82, 2.24) is 4.90 Å². The van der Waals surface area contributed by atoms with E-state index in [0.717, 1.165) is 38.2 Å². The molecule has 0 aromatic heterocycles. The quantitative estimate of drug-likeness (QED) is 0.888. The van der Waals surface area contributed by atoms with Crippen LogP contribution < -0.4 is 5.73 Å².